The molecule has 0 spiro atoms. The Hall–Kier alpha value is -0.820. The molecule has 0 amide bonds. The zero-order chi connectivity index (χ0) is 23.1. The highest BCUT2D eigenvalue weighted by atomic mass is 127. The Morgan fingerprint density at radius 3 is 1.52 bits per heavy atom. The van der Waals surface area contributed by atoms with Crippen LogP contribution in [-0.2, 0) is 4.74 Å². The molecule has 7 nitrogen and oxygen atoms in total. The lowest BCUT2D eigenvalue weighted by atomic mass is 9.83. The van der Waals surface area contributed by atoms with E-state index in [2.05, 4.69) is 13.8 Å². The number of nitrogens with zero attached hydrogens (tertiary/aromatic N) is 2. The minimum atomic E-state index is -0.648. The van der Waals surface area contributed by atoms with E-state index in [1.165, 1.54) is 0 Å². The van der Waals surface area contributed by atoms with Gasteiger partial charge in [0, 0.05) is 12.8 Å². The van der Waals surface area contributed by atoms with E-state index in [9.17, 15) is 20.2 Å². The first-order valence-electron chi connectivity index (χ1n) is 10.8. The highest BCUT2D eigenvalue weighted by molar-refractivity contribution is 14.1. The molecule has 0 fully saturated rings. The average molecular weight is 656 g/mol. The van der Waals surface area contributed by atoms with Crippen LogP contribution in [0.3, 0.4) is 0 Å². The fourth-order valence-electron chi connectivity index (χ4n) is 4.13. The predicted molar refractivity (Wildman–Crippen MR) is 138 cm³/mol. The maximum absolute atomic E-state index is 11.4. The first kappa shape index (κ1) is 26.4. The van der Waals surface area contributed by atoms with Crippen molar-refractivity contribution in [2.75, 3.05) is 0 Å². The predicted octanol–water partition coefficient (Wildman–Crippen LogP) is 7.41. The van der Waals surface area contributed by atoms with Gasteiger partial charge in [-0.05, 0) is 82.3 Å². The van der Waals surface area contributed by atoms with Gasteiger partial charge in [-0.15, -0.1) is 0 Å². The van der Waals surface area contributed by atoms with E-state index in [1.54, 1.807) is 12.2 Å². The minimum Gasteiger partial charge on any atom is -0.360 e. The molecule has 31 heavy (non-hydrogen) atoms. The van der Waals surface area contributed by atoms with Crippen molar-refractivity contribution < 1.29 is 14.6 Å². The molecular formula is C22H30I2N2O5. The number of rotatable bonds is 12. The molecule has 9 heteroatoms. The standard InChI is InChI=1S/C22H30I2N2O5/c1-3-5-7-11-21(13-9-19(25(27)28)17(23)15-21)31-22(12-8-6-4-2)14-10-20(26(29)30)18(24)16-22/h9-10,15-16H,3-8,11-14H2,1-2H3. The maximum atomic E-state index is 11.4. The molecule has 0 bridgehead atoms. The van der Waals surface area contributed by atoms with E-state index in [-0.39, 0.29) is 21.2 Å². The number of allylic oxidation sites excluding steroid dienone is 2. The van der Waals surface area contributed by atoms with Gasteiger partial charge in [0.2, 0.25) is 0 Å². The average Bonchev–Trinajstić information content (AvgIpc) is 2.68. The molecule has 0 heterocycles. The second-order valence-electron chi connectivity index (χ2n) is 8.23. The summed E-state index contributed by atoms with van der Waals surface area (Å²) in [6, 6.07) is 0. The molecule has 2 rings (SSSR count). The van der Waals surface area contributed by atoms with Crippen molar-refractivity contribution in [1.82, 2.24) is 0 Å². The minimum absolute atomic E-state index is 0.125. The smallest absolute Gasteiger partial charge is 0.278 e. The topological polar surface area (TPSA) is 95.5 Å². The summed E-state index contributed by atoms with van der Waals surface area (Å²) in [6.07, 6.45) is 15.7. The maximum Gasteiger partial charge on any atom is 0.278 e. The van der Waals surface area contributed by atoms with E-state index < -0.39 is 11.2 Å². The van der Waals surface area contributed by atoms with Crippen molar-refractivity contribution in [2.45, 2.75) is 89.3 Å². The summed E-state index contributed by atoms with van der Waals surface area (Å²) in [7, 11) is 0. The number of halogens is 2. The van der Waals surface area contributed by atoms with Crippen molar-refractivity contribution in [1.29, 1.82) is 0 Å². The van der Waals surface area contributed by atoms with E-state index >= 15 is 0 Å². The van der Waals surface area contributed by atoms with Crippen molar-refractivity contribution in [3.63, 3.8) is 0 Å². The summed E-state index contributed by atoms with van der Waals surface area (Å²) in [5, 5.41) is 22.8. The molecule has 0 saturated carbocycles. The summed E-state index contributed by atoms with van der Waals surface area (Å²) in [4.78, 5) is 22.1. The van der Waals surface area contributed by atoms with Gasteiger partial charge in [-0.2, -0.15) is 0 Å². The van der Waals surface area contributed by atoms with Crippen molar-refractivity contribution in [2.24, 2.45) is 0 Å². The van der Waals surface area contributed by atoms with Crippen LogP contribution in [0.4, 0.5) is 0 Å². The lowest BCUT2D eigenvalue weighted by Crippen LogP contribution is -2.44. The van der Waals surface area contributed by atoms with Gasteiger partial charge in [0.25, 0.3) is 11.4 Å². The highest BCUT2D eigenvalue weighted by Gasteiger charge is 2.43. The van der Waals surface area contributed by atoms with Gasteiger partial charge in [0.15, 0.2) is 0 Å². The second kappa shape index (κ2) is 11.9. The molecule has 172 valence electrons. The monoisotopic (exact) mass is 656 g/mol. The lowest BCUT2D eigenvalue weighted by molar-refractivity contribution is -0.420. The Kier molecular flexibility index (Phi) is 10.1. The van der Waals surface area contributed by atoms with Gasteiger partial charge in [-0.25, -0.2) is 0 Å². The van der Waals surface area contributed by atoms with Crippen molar-refractivity contribution in [3.8, 4) is 0 Å². The van der Waals surface area contributed by atoms with Crippen LogP contribution in [0.2, 0.25) is 0 Å². The zero-order valence-electron chi connectivity index (χ0n) is 18.1. The number of nitro groups is 2. The van der Waals surface area contributed by atoms with Crippen molar-refractivity contribution in [3.05, 3.63) is 63.1 Å². The SMILES string of the molecule is CCCCCC1(OC2(CCCCC)C=C(I)C([N+](=O)[O-])=CC2)C=C(I)C([N+](=O)[O-])=CC1. The highest BCUT2D eigenvalue weighted by Crippen LogP contribution is 2.44. The fourth-order valence-corrected chi connectivity index (χ4v) is 6.10. The van der Waals surface area contributed by atoms with Gasteiger partial charge >= 0.3 is 0 Å². The van der Waals surface area contributed by atoms with Gasteiger partial charge in [0.1, 0.15) is 0 Å². The van der Waals surface area contributed by atoms with Crippen LogP contribution in [0, 0.1) is 20.2 Å². The molecule has 0 radical (unpaired) electrons. The first-order chi connectivity index (χ1) is 14.7. The largest absolute Gasteiger partial charge is 0.360 e. The summed E-state index contributed by atoms with van der Waals surface area (Å²) in [5.41, 5.74) is -1.05. The molecule has 2 unspecified atom stereocenters. The van der Waals surface area contributed by atoms with Crippen LogP contribution in [0.25, 0.3) is 0 Å². The quantitative estimate of drug-likeness (QED) is 0.0944. The molecule has 2 aliphatic rings. The Labute approximate surface area is 211 Å². The van der Waals surface area contributed by atoms with Crippen LogP contribution >= 0.6 is 45.2 Å². The molecule has 2 atom stereocenters. The fraction of sp³-hybridized carbons (Fsp3) is 0.636. The molecule has 0 aromatic carbocycles. The summed E-state index contributed by atoms with van der Waals surface area (Å²) >= 11 is 4.05. The van der Waals surface area contributed by atoms with Gasteiger partial charge in [0.05, 0.1) is 28.2 Å². The number of ether oxygens (including phenoxy) is 1. The van der Waals surface area contributed by atoms with E-state index in [0.717, 1.165) is 51.4 Å². The zero-order valence-corrected chi connectivity index (χ0v) is 22.4. The van der Waals surface area contributed by atoms with E-state index in [0.29, 0.717) is 20.0 Å². The molecule has 0 aromatic heterocycles. The summed E-state index contributed by atoms with van der Waals surface area (Å²) in [5.74, 6) is 0. The third-order valence-corrected chi connectivity index (χ3v) is 7.49. The van der Waals surface area contributed by atoms with Crippen molar-refractivity contribution >= 4 is 45.2 Å². The third kappa shape index (κ3) is 7.08. The summed E-state index contributed by atoms with van der Waals surface area (Å²) < 4.78 is 8.08. The molecule has 0 aromatic rings. The van der Waals surface area contributed by atoms with Crippen LogP contribution in [-0.4, -0.2) is 21.0 Å². The number of hydrogen-bond acceptors (Lipinski definition) is 5. The Morgan fingerprint density at radius 1 is 0.839 bits per heavy atom. The number of hydrogen-bond donors (Lipinski definition) is 0. The summed E-state index contributed by atoms with van der Waals surface area (Å²) in [6.45, 7) is 4.28. The van der Waals surface area contributed by atoms with Crippen LogP contribution in [0.1, 0.15) is 78.1 Å². The molecule has 0 N–H and O–H groups in total. The normalized spacial score (nSPS) is 25.9. The van der Waals surface area contributed by atoms with Crippen LogP contribution in [0.15, 0.2) is 42.9 Å². The van der Waals surface area contributed by atoms with Crippen LogP contribution in [0.5, 0.6) is 0 Å². The van der Waals surface area contributed by atoms with Gasteiger partial charge in [-0.1, -0.05) is 52.4 Å². The van der Waals surface area contributed by atoms with Gasteiger partial charge < -0.3 is 4.74 Å². The Morgan fingerprint density at radius 2 is 1.23 bits per heavy atom. The van der Waals surface area contributed by atoms with E-state index in [4.69, 9.17) is 4.74 Å². The molecule has 0 saturated heterocycles. The second-order valence-corrected chi connectivity index (χ2v) is 10.6. The first-order valence-corrected chi connectivity index (χ1v) is 13.0. The lowest BCUT2D eigenvalue weighted by Gasteiger charge is -2.43. The molecule has 0 aliphatic heterocycles. The van der Waals surface area contributed by atoms with E-state index in [1.807, 2.05) is 57.3 Å². The van der Waals surface area contributed by atoms with Crippen LogP contribution < -0.4 is 0 Å². The third-order valence-electron chi connectivity index (χ3n) is 5.76. The Bertz CT molecular complexity index is 755. The Balaban J connectivity index is 2.40. The van der Waals surface area contributed by atoms with Gasteiger partial charge in [-0.3, -0.25) is 20.2 Å². The molecule has 2 aliphatic carbocycles. The molecular weight excluding hydrogens is 626 g/mol. The number of unbranched alkanes of at least 4 members (excludes halogenated alkanes) is 4.